The fourth-order valence-electron chi connectivity index (χ4n) is 6.27. The van der Waals surface area contributed by atoms with Gasteiger partial charge in [-0.25, -0.2) is 0 Å². The van der Waals surface area contributed by atoms with Crippen LogP contribution in [0.4, 0.5) is 0 Å². The number of esters is 1. The predicted octanol–water partition coefficient (Wildman–Crippen LogP) is 6.33. The second kappa shape index (κ2) is 9.83. The second-order valence-electron chi connectivity index (χ2n) is 11.2. The third-order valence-electron chi connectivity index (χ3n) is 8.29. The molecule has 0 aromatic heterocycles. The van der Waals surface area contributed by atoms with Crippen molar-refractivity contribution in [1.29, 1.82) is 0 Å². The fraction of sp³-hybridized carbons (Fsp3) is 0.920. The lowest BCUT2D eigenvalue weighted by atomic mass is 9.52. The van der Waals surface area contributed by atoms with Crippen LogP contribution in [-0.2, 0) is 14.3 Å². The first-order valence-electron chi connectivity index (χ1n) is 11.9. The summed E-state index contributed by atoms with van der Waals surface area (Å²) >= 11 is 0. The highest BCUT2D eigenvalue weighted by Gasteiger charge is 2.49. The zero-order chi connectivity index (χ0) is 21.8. The van der Waals surface area contributed by atoms with Gasteiger partial charge in [-0.2, -0.15) is 0 Å². The van der Waals surface area contributed by atoms with Crippen molar-refractivity contribution in [3.8, 4) is 0 Å². The van der Waals surface area contributed by atoms with Crippen molar-refractivity contribution in [2.45, 2.75) is 99.3 Å². The van der Waals surface area contributed by atoms with Crippen molar-refractivity contribution in [2.75, 3.05) is 6.61 Å². The molecule has 1 N–H and O–H groups in total. The molecule has 5 unspecified atom stereocenters. The standard InChI is InChI=1S/C25H44O4/c1-7-8-9-10-21-24(3,4)14-13-18(25(21,5)6)16-29-23(28)19-12-11-17(2)15-20(19)22(26)27/h17-21H,7-16H2,1-6H3,(H,26,27). The summed E-state index contributed by atoms with van der Waals surface area (Å²) in [7, 11) is 0. The van der Waals surface area contributed by atoms with E-state index in [1.807, 2.05) is 0 Å². The maximum absolute atomic E-state index is 12.8. The lowest BCUT2D eigenvalue weighted by molar-refractivity contribution is -0.164. The van der Waals surface area contributed by atoms with Gasteiger partial charge < -0.3 is 9.84 Å². The van der Waals surface area contributed by atoms with Gasteiger partial charge in [0.05, 0.1) is 18.4 Å². The van der Waals surface area contributed by atoms with Crippen LogP contribution in [0.1, 0.15) is 99.3 Å². The van der Waals surface area contributed by atoms with Gasteiger partial charge in [0.2, 0.25) is 0 Å². The van der Waals surface area contributed by atoms with Crippen LogP contribution in [-0.4, -0.2) is 23.7 Å². The van der Waals surface area contributed by atoms with E-state index in [9.17, 15) is 14.7 Å². The molecule has 0 amide bonds. The molecule has 0 spiro atoms. The monoisotopic (exact) mass is 408 g/mol. The van der Waals surface area contributed by atoms with Crippen molar-refractivity contribution in [1.82, 2.24) is 0 Å². The highest BCUT2D eigenvalue weighted by Crippen LogP contribution is 2.55. The summed E-state index contributed by atoms with van der Waals surface area (Å²) in [5, 5.41) is 9.56. The highest BCUT2D eigenvalue weighted by molar-refractivity contribution is 5.81. The molecular formula is C25H44O4. The summed E-state index contributed by atoms with van der Waals surface area (Å²) in [6.07, 6.45) is 9.37. The summed E-state index contributed by atoms with van der Waals surface area (Å²) in [5.74, 6) is -0.887. The molecule has 2 aliphatic rings. The lowest BCUT2D eigenvalue weighted by Gasteiger charge is -2.53. The first-order chi connectivity index (χ1) is 13.5. The molecule has 0 aliphatic heterocycles. The van der Waals surface area contributed by atoms with Crippen LogP contribution in [0.2, 0.25) is 0 Å². The van der Waals surface area contributed by atoms with Crippen molar-refractivity contribution in [3.63, 3.8) is 0 Å². The molecule has 2 fully saturated rings. The number of carboxylic acid groups (broad SMARTS) is 1. The smallest absolute Gasteiger partial charge is 0.309 e. The van der Waals surface area contributed by atoms with E-state index in [4.69, 9.17) is 4.74 Å². The Morgan fingerprint density at radius 3 is 2.34 bits per heavy atom. The van der Waals surface area contributed by atoms with E-state index in [1.165, 1.54) is 25.7 Å². The maximum Gasteiger partial charge on any atom is 0.309 e. The van der Waals surface area contributed by atoms with Gasteiger partial charge in [-0.05, 0) is 67.1 Å². The van der Waals surface area contributed by atoms with E-state index in [1.54, 1.807) is 0 Å². The number of carbonyl (C=O) groups is 2. The van der Waals surface area contributed by atoms with E-state index in [0.717, 1.165) is 19.3 Å². The van der Waals surface area contributed by atoms with Gasteiger partial charge in [-0.3, -0.25) is 9.59 Å². The minimum Gasteiger partial charge on any atom is -0.481 e. The normalized spacial score (nSPS) is 33.8. The summed E-state index contributed by atoms with van der Waals surface area (Å²) in [6, 6.07) is 0. The summed E-state index contributed by atoms with van der Waals surface area (Å²) < 4.78 is 5.81. The molecule has 2 rings (SSSR count). The minimum absolute atomic E-state index is 0.114. The Morgan fingerprint density at radius 2 is 1.72 bits per heavy atom. The third kappa shape index (κ3) is 5.76. The van der Waals surface area contributed by atoms with Crippen molar-refractivity contribution in [3.05, 3.63) is 0 Å². The number of hydrogen-bond acceptors (Lipinski definition) is 3. The van der Waals surface area contributed by atoms with Crippen LogP contribution >= 0.6 is 0 Å². The van der Waals surface area contributed by atoms with Crippen molar-refractivity contribution in [2.24, 2.45) is 40.4 Å². The third-order valence-corrected chi connectivity index (χ3v) is 8.29. The molecule has 4 heteroatoms. The molecule has 5 atom stereocenters. The summed E-state index contributed by atoms with van der Waals surface area (Å²) in [5.41, 5.74) is 0.425. The Bertz CT molecular complexity index is 565. The molecule has 2 saturated carbocycles. The summed E-state index contributed by atoms with van der Waals surface area (Å²) in [6.45, 7) is 14.3. The van der Waals surface area contributed by atoms with Crippen molar-refractivity contribution >= 4 is 11.9 Å². The minimum atomic E-state index is -0.853. The Labute approximate surface area is 178 Å². The van der Waals surface area contributed by atoms with E-state index in [0.29, 0.717) is 42.6 Å². The SMILES string of the molecule is CCCCCC1C(C)(C)CCC(COC(=O)C2CCC(C)CC2C(=O)O)C1(C)C. The Hall–Kier alpha value is -1.06. The number of hydrogen-bond donors (Lipinski definition) is 1. The van der Waals surface area contributed by atoms with Crippen LogP contribution in [0.3, 0.4) is 0 Å². The molecular weight excluding hydrogens is 364 g/mol. The molecule has 0 bridgehead atoms. The largest absolute Gasteiger partial charge is 0.481 e. The van der Waals surface area contributed by atoms with Gasteiger partial charge in [0.25, 0.3) is 0 Å². The van der Waals surface area contributed by atoms with Crippen LogP contribution in [0.15, 0.2) is 0 Å². The fourth-order valence-corrected chi connectivity index (χ4v) is 6.27. The molecule has 0 aromatic carbocycles. The van der Waals surface area contributed by atoms with Crippen LogP contribution in [0.5, 0.6) is 0 Å². The van der Waals surface area contributed by atoms with Gasteiger partial charge in [0.1, 0.15) is 0 Å². The molecule has 29 heavy (non-hydrogen) atoms. The zero-order valence-electron chi connectivity index (χ0n) is 19.6. The Morgan fingerprint density at radius 1 is 1.03 bits per heavy atom. The van der Waals surface area contributed by atoms with Gasteiger partial charge in [0, 0.05) is 0 Å². The van der Waals surface area contributed by atoms with Crippen LogP contribution < -0.4 is 0 Å². The average Bonchev–Trinajstić information content (AvgIpc) is 2.63. The van der Waals surface area contributed by atoms with Gasteiger partial charge in [-0.15, -0.1) is 0 Å². The highest BCUT2D eigenvalue weighted by atomic mass is 16.5. The van der Waals surface area contributed by atoms with Gasteiger partial charge >= 0.3 is 11.9 Å². The Balaban J connectivity index is 2.01. The molecule has 168 valence electrons. The Kier molecular flexibility index (Phi) is 8.21. The van der Waals surface area contributed by atoms with Crippen LogP contribution in [0.25, 0.3) is 0 Å². The molecule has 0 radical (unpaired) electrons. The topological polar surface area (TPSA) is 63.6 Å². The molecule has 4 nitrogen and oxygen atoms in total. The summed E-state index contributed by atoms with van der Waals surface area (Å²) in [4.78, 5) is 24.5. The zero-order valence-corrected chi connectivity index (χ0v) is 19.6. The van der Waals surface area contributed by atoms with Gasteiger partial charge in [0.15, 0.2) is 0 Å². The number of ether oxygens (including phenoxy) is 1. The molecule has 0 saturated heterocycles. The van der Waals surface area contributed by atoms with Crippen LogP contribution in [0, 0.1) is 40.4 Å². The number of unbranched alkanes of at least 4 members (excludes halogenated alkanes) is 2. The lowest BCUT2D eigenvalue weighted by Crippen LogP contribution is -2.48. The maximum atomic E-state index is 12.8. The number of rotatable bonds is 8. The molecule has 2 aliphatic carbocycles. The van der Waals surface area contributed by atoms with E-state index < -0.39 is 17.8 Å². The quantitative estimate of drug-likeness (QED) is 0.377. The average molecular weight is 409 g/mol. The van der Waals surface area contributed by atoms with E-state index in [2.05, 4.69) is 41.5 Å². The second-order valence-corrected chi connectivity index (χ2v) is 11.2. The van der Waals surface area contributed by atoms with E-state index >= 15 is 0 Å². The number of aliphatic carboxylic acids is 1. The predicted molar refractivity (Wildman–Crippen MR) is 117 cm³/mol. The van der Waals surface area contributed by atoms with Crippen molar-refractivity contribution < 1.29 is 19.4 Å². The number of carboxylic acids is 1. The molecule has 0 heterocycles. The van der Waals surface area contributed by atoms with Gasteiger partial charge in [-0.1, -0.05) is 60.8 Å². The first-order valence-corrected chi connectivity index (χ1v) is 11.9. The van der Waals surface area contributed by atoms with E-state index in [-0.39, 0.29) is 11.4 Å². The first kappa shape index (κ1) is 24.2. The molecule has 0 aromatic rings. The number of carbonyl (C=O) groups excluding carboxylic acids is 1.